The van der Waals surface area contributed by atoms with E-state index in [0.717, 1.165) is 31.7 Å². The predicted molar refractivity (Wildman–Crippen MR) is 65.3 cm³/mol. The Labute approximate surface area is 105 Å². The lowest BCUT2D eigenvalue weighted by atomic mass is 10.1. The maximum Gasteiger partial charge on any atom is 0.150 e. The smallest absolute Gasteiger partial charge is 0.150 e. The molecule has 0 aromatic carbocycles. The lowest BCUT2D eigenvalue weighted by Gasteiger charge is -2.32. The Morgan fingerprint density at radius 2 is 2.24 bits per heavy atom. The molecule has 6 heteroatoms. The molecule has 1 aliphatic heterocycles. The van der Waals surface area contributed by atoms with Crippen molar-refractivity contribution in [3.05, 3.63) is 17.5 Å². The van der Waals surface area contributed by atoms with E-state index in [2.05, 4.69) is 14.9 Å². The molecule has 0 spiro atoms. The van der Waals surface area contributed by atoms with Crippen molar-refractivity contribution in [2.45, 2.75) is 18.9 Å². The van der Waals surface area contributed by atoms with Crippen molar-refractivity contribution >= 4 is 17.4 Å². The van der Waals surface area contributed by atoms with Gasteiger partial charge in [0, 0.05) is 13.1 Å². The second-order valence-corrected chi connectivity index (χ2v) is 4.38. The zero-order valence-corrected chi connectivity index (χ0v) is 10.3. The van der Waals surface area contributed by atoms with E-state index in [1.165, 1.54) is 6.33 Å². The molecule has 17 heavy (non-hydrogen) atoms. The number of aromatic nitrogens is 2. The average Bonchev–Trinajstić information content (AvgIpc) is 2.38. The van der Waals surface area contributed by atoms with Crippen LogP contribution in [0.25, 0.3) is 0 Å². The third-order valence-electron chi connectivity index (χ3n) is 2.83. The number of piperidine rings is 1. The van der Waals surface area contributed by atoms with E-state index in [1.54, 1.807) is 6.20 Å². The Hall–Kier alpha value is -0.910. The Kier molecular flexibility index (Phi) is 4.53. The SMILES string of the molecule is OCCOC1CCN(c2ncncc2Cl)CC1. The van der Waals surface area contributed by atoms with Gasteiger partial charge >= 0.3 is 0 Å². The molecule has 0 atom stereocenters. The van der Waals surface area contributed by atoms with Gasteiger partial charge in [0.1, 0.15) is 11.3 Å². The molecular weight excluding hydrogens is 242 g/mol. The summed E-state index contributed by atoms with van der Waals surface area (Å²) in [4.78, 5) is 10.2. The van der Waals surface area contributed by atoms with Crippen LogP contribution in [0.15, 0.2) is 12.5 Å². The fourth-order valence-corrected chi connectivity index (χ4v) is 2.22. The van der Waals surface area contributed by atoms with Crippen molar-refractivity contribution in [2.24, 2.45) is 0 Å². The van der Waals surface area contributed by atoms with E-state index in [4.69, 9.17) is 21.4 Å². The van der Waals surface area contributed by atoms with E-state index in [1.807, 2.05) is 0 Å². The topological polar surface area (TPSA) is 58.5 Å². The van der Waals surface area contributed by atoms with Crippen molar-refractivity contribution in [2.75, 3.05) is 31.2 Å². The van der Waals surface area contributed by atoms with E-state index in [0.29, 0.717) is 11.6 Å². The molecule has 1 fully saturated rings. The van der Waals surface area contributed by atoms with Crippen molar-refractivity contribution in [1.82, 2.24) is 9.97 Å². The van der Waals surface area contributed by atoms with Gasteiger partial charge in [-0.25, -0.2) is 9.97 Å². The van der Waals surface area contributed by atoms with Crippen LogP contribution in [0.5, 0.6) is 0 Å². The Morgan fingerprint density at radius 3 is 2.88 bits per heavy atom. The van der Waals surface area contributed by atoms with Crippen LogP contribution in [0.3, 0.4) is 0 Å². The fourth-order valence-electron chi connectivity index (χ4n) is 1.99. The number of anilines is 1. The first-order valence-electron chi connectivity index (χ1n) is 5.74. The van der Waals surface area contributed by atoms with Crippen LogP contribution >= 0.6 is 11.6 Å². The zero-order chi connectivity index (χ0) is 12.1. The molecule has 1 aromatic rings. The molecular formula is C11H16ClN3O2. The summed E-state index contributed by atoms with van der Waals surface area (Å²) in [5.41, 5.74) is 0. The van der Waals surface area contributed by atoms with Gasteiger partial charge in [0.15, 0.2) is 5.82 Å². The molecule has 2 heterocycles. The summed E-state index contributed by atoms with van der Waals surface area (Å²) in [5, 5.41) is 9.28. The minimum absolute atomic E-state index is 0.0813. The van der Waals surface area contributed by atoms with Gasteiger partial charge in [0.05, 0.1) is 25.5 Å². The van der Waals surface area contributed by atoms with Gasteiger partial charge in [-0.1, -0.05) is 11.6 Å². The molecule has 2 rings (SSSR count). The first-order valence-corrected chi connectivity index (χ1v) is 6.12. The number of rotatable bonds is 4. The summed E-state index contributed by atoms with van der Waals surface area (Å²) in [6.45, 7) is 2.23. The highest BCUT2D eigenvalue weighted by atomic mass is 35.5. The minimum atomic E-state index is 0.0813. The normalized spacial score (nSPS) is 17.4. The van der Waals surface area contributed by atoms with Gasteiger partial charge in [-0.2, -0.15) is 0 Å². The number of aliphatic hydroxyl groups is 1. The fraction of sp³-hybridized carbons (Fsp3) is 0.636. The number of aliphatic hydroxyl groups excluding tert-OH is 1. The molecule has 1 aromatic heterocycles. The average molecular weight is 258 g/mol. The number of nitrogens with zero attached hydrogens (tertiary/aromatic N) is 3. The van der Waals surface area contributed by atoms with Crippen LogP contribution in [0, 0.1) is 0 Å². The van der Waals surface area contributed by atoms with Gasteiger partial charge in [-0.15, -0.1) is 0 Å². The molecule has 0 unspecified atom stereocenters. The lowest BCUT2D eigenvalue weighted by molar-refractivity contribution is 0.0158. The second kappa shape index (κ2) is 6.14. The summed E-state index contributed by atoms with van der Waals surface area (Å²) >= 11 is 6.05. The highest BCUT2D eigenvalue weighted by Crippen LogP contribution is 2.25. The van der Waals surface area contributed by atoms with E-state index in [9.17, 15) is 0 Å². The maximum absolute atomic E-state index is 8.69. The molecule has 94 valence electrons. The maximum atomic E-state index is 8.69. The van der Waals surface area contributed by atoms with Crippen molar-refractivity contribution < 1.29 is 9.84 Å². The molecule has 1 saturated heterocycles. The summed E-state index contributed by atoms with van der Waals surface area (Å²) in [6.07, 6.45) is 5.22. The van der Waals surface area contributed by atoms with Crippen LogP contribution in [0.1, 0.15) is 12.8 Å². The molecule has 0 amide bonds. The van der Waals surface area contributed by atoms with E-state index < -0.39 is 0 Å². The summed E-state index contributed by atoms with van der Waals surface area (Å²) in [7, 11) is 0. The Balaban J connectivity index is 1.89. The molecule has 0 bridgehead atoms. The summed E-state index contributed by atoms with van der Waals surface area (Å²) in [5.74, 6) is 0.794. The van der Waals surface area contributed by atoms with Crippen LogP contribution < -0.4 is 4.90 Å². The van der Waals surface area contributed by atoms with Gasteiger partial charge in [0.25, 0.3) is 0 Å². The van der Waals surface area contributed by atoms with Gasteiger partial charge in [-0.3, -0.25) is 0 Å². The van der Waals surface area contributed by atoms with Crippen molar-refractivity contribution in [3.63, 3.8) is 0 Å². The third-order valence-corrected chi connectivity index (χ3v) is 3.10. The van der Waals surface area contributed by atoms with Gasteiger partial charge in [0.2, 0.25) is 0 Å². The lowest BCUT2D eigenvalue weighted by Crippen LogP contribution is -2.38. The van der Waals surface area contributed by atoms with Gasteiger partial charge in [-0.05, 0) is 12.8 Å². The largest absolute Gasteiger partial charge is 0.394 e. The van der Waals surface area contributed by atoms with Crippen LogP contribution in [-0.2, 0) is 4.74 Å². The van der Waals surface area contributed by atoms with Gasteiger partial charge < -0.3 is 14.7 Å². The highest BCUT2D eigenvalue weighted by molar-refractivity contribution is 6.32. The monoisotopic (exact) mass is 257 g/mol. The van der Waals surface area contributed by atoms with E-state index in [-0.39, 0.29) is 12.7 Å². The number of hydrogen-bond donors (Lipinski definition) is 1. The first kappa shape index (κ1) is 12.5. The first-order chi connectivity index (χ1) is 8.31. The number of ether oxygens (including phenoxy) is 1. The van der Waals surface area contributed by atoms with Crippen molar-refractivity contribution in [1.29, 1.82) is 0 Å². The zero-order valence-electron chi connectivity index (χ0n) is 9.55. The Bertz CT molecular complexity index is 356. The molecule has 0 saturated carbocycles. The van der Waals surface area contributed by atoms with Crippen LogP contribution in [0.4, 0.5) is 5.82 Å². The van der Waals surface area contributed by atoms with Crippen molar-refractivity contribution in [3.8, 4) is 0 Å². The quantitative estimate of drug-likeness (QED) is 0.876. The summed E-state index contributed by atoms with van der Waals surface area (Å²) in [6, 6.07) is 0. The third kappa shape index (κ3) is 3.28. The Morgan fingerprint density at radius 1 is 1.47 bits per heavy atom. The van der Waals surface area contributed by atoms with E-state index >= 15 is 0 Å². The highest BCUT2D eigenvalue weighted by Gasteiger charge is 2.21. The predicted octanol–water partition coefficient (Wildman–Crippen LogP) is 1.11. The molecule has 0 aliphatic carbocycles. The van der Waals surface area contributed by atoms with Crippen LogP contribution in [0.2, 0.25) is 5.02 Å². The molecule has 1 N–H and O–H groups in total. The molecule has 0 radical (unpaired) electrons. The van der Waals surface area contributed by atoms with Crippen LogP contribution in [-0.4, -0.2) is 47.5 Å². The number of hydrogen-bond acceptors (Lipinski definition) is 5. The number of halogens is 1. The standard InChI is InChI=1S/C11H16ClN3O2/c12-10-7-13-8-14-11(10)15-3-1-9(2-4-15)17-6-5-16/h7-9,16H,1-6H2. The second-order valence-electron chi connectivity index (χ2n) is 3.98. The molecule has 1 aliphatic rings. The minimum Gasteiger partial charge on any atom is -0.394 e. The summed E-state index contributed by atoms with van der Waals surface area (Å²) < 4.78 is 5.50. The molecule has 5 nitrogen and oxygen atoms in total.